The van der Waals surface area contributed by atoms with Gasteiger partial charge >= 0.3 is 35.6 Å². The third-order valence-corrected chi connectivity index (χ3v) is 3.62. The second kappa shape index (κ2) is 7.20. The van der Waals surface area contributed by atoms with E-state index in [4.69, 9.17) is 0 Å². The first-order valence-corrected chi connectivity index (χ1v) is 6.02. The second-order valence-corrected chi connectivity index (χ2v) is 4.45. The molecule has 0 spiro atoms. The summed E-state index contributed by atoms with van der Waals surface area (Å²) in [5.41, 5.74) is -1.19. The van der Waals surface area contributed by atoms with Crippen LogP contribution in [-0.2, 0) is 4.79 Å². The van der Waals surface area contributed by atoms with Crippen molar-refractivity contribution in [3.8, 4) is 0 Å². The van der Waals surface area contributed by atoms with Gasteiger partial charge < -0.3 is 5.11 Å². The molecule has 0 bridgehead atoms. The Balaban J connectivity index is 0.00000256. The first kappa shape index (κ1) is 16.7. The van der Waals surface area contributed by atoms with Crippen molar-refractivity contribution in [2.75, 3.05) is 11.5 Å². The maximum atomic E-state index is 11.7. The third kappa shape index (κ3) is 3.58. The minimum atomic E-state index is -1.19. The smallest absolute Gasteiger partial charge is 0.861 e. The fraction of sp³-hybridized carbons (Fsp3) is 0.500. The Morgan fingerprint density at radius 3 is 2.71 bits per heavy atom. The van der Waals surface area contributed by atoms with E-state index in [0.29, 0.717) is 17.9 Å². The summed E-state index contributed by atoms with van der Waals surface area (Å²) in [5.74, 6) is -0.218. The van der Waals surface area contributed by atoms with Crippen LogP contribution in [0.2, 0.25) is 0 Å². The van der Waals surface area contributed by atoms with E-state index in [1.165, 1.54) is 11.8 Å². The Bertz CT molecular complexity index is 359. The summed E-state index contributed by atoms with van der Waals surface area (Å²) in [6, 6.07) is -0.868. The van der Waals surface area contributed by atoms with Crippen LogP contribution in [0, 0.1) is 5.41 Å². The molecule has 0 fully saturated rings. The fourth-order valence-electron chi connectivity index (χ4n) is 1.40. The van der Waals surface area contributed by atoms with Crippen molar-refractivity contribution in [3.05, 3.63) is 12.7 Å². The number of imide groups is 1. The van der Waals surface area contributed by atoms with Crippen molar-refractivity contribution in [1.82, 2.24) is 5.32 Å². The molecular formula is C10H13N2NaO3S. The molecule has 1 aliphatic rings. The average Bonchev–Trinajstić information content (AvgIpc) is 2.22. The quantitative estimate of drug-likeness (QED) is 0.333. The third-order valence-electron chi connectivity index (χ3n) is 2.46. The number of thioether (sulfide) groups is 1. The van der Waals surface area contributed by atoms with Crippen molar-refractivity contribution in [1.29, 1.82) is 0 Å². The number of carbonyl (C=O) groups is 2. The number of amides is 3. The van der Waals surface area contributed by atoms with Crippen LogP contribution in [0.1, 0.15) is 13.3 Å². The van der Waals surface area contributed by atoms with E-state index in [1.54, 1.807) is 13.0 Å². The van der Waals surface area contributed by atoms with Crippen LogP contribution < -0.4 is 40.0 Å². The number of carbonyl (C=O) groups excluding carboxylic acids is 2. The number of nitrogens with zero attached hydrogens (tertiary/aromatic N) is 1. The molecule has 5 nitrogen and oxygen atoms in total. The Labute approximate surface area is 126 Å². The molecule has 0 saturated carbocycles. The number of hydrogen-bond donors (Lipinski definition) is 1. The van der Waals surface area contributed by atoms with Gasteiger partial charge in [-0.2, -0.15) is 11.8 Å². The minimum absolute atomic E-state index is 0. The Morgan fingerprint density at radius 2 is 2.24 bits per heavy atom. The van der Waals surface area contributed by atoms with Gasteiger partial charge in [-0.15, -0.1) is 6.58 Å². The molecule has 1 atom stereocenters. The molecule has 3 amide bonds. The van der Waals surface area contributed by atoms with Gasteiger partial charge in [0.1, 0.15) is 0 Å². The predicted octanol–water partition coefficient (Wildman–Crippen LogP) is -2.69. The molecule has 1 N–H and O–H groups in total. The first-order valence-electron chi connectivity index (χ1n) is 4.87. The zero-order valence-corrected chi connectivity index (χ0v) is 12.8. The van der Waals surface area contributed by atoms with Gasteiger partial charge in [0.25, 0.3) is 0 Å². The predicted molar refractivity (Wildman–Crippen MR) is 61.2 cm³/mol. The van der Waals surface area contributed by atoms with Crippen LogP contribution in [-0.4, -0.2) is 29.3 Å². The van der Waals surface area contributed by atoms with Gasteiger partial charge in [-0.05, 0) is 12.3 Å². The normalized spacial score (nSPS) is 23.5. The molecule has 0 saturated heterocycles. The largest absolute Gasteiger partial charge is 1.00 e. The first-order chi connectivity index (χ1) is 7.56. The summed E-state index contributed by atoms with van der Waals surface area (Å²) in [4.78, 5) is 25.9. The van der Waals surface area contributed by atoms with E-state index >= 15 is 0 Å². The van der Waals surface area contributed by atoms with Crippen LogP contribution in [0.4, 0.5) is 4.79 Å². The molecule has 17 heavy (non-hydrogen) atoms. The second-order valence-electron chi connectivity index (χ2n) is 3.42. The van der Waals surface area contributed by atoms with E-state index in [0.717, 1.165) is 0 Å². The Kier molecular flexibility index (Phi) is 7.08. The number of urea groups is 1. The van der Waals surface area contributed by atoms with Gasteiger partial charge in [0.05, 0.1) is 5.41 Å². The SMILES string of the molecule is C=CCSCC1(CC)C(=O)NC(=O)N=C1[O-].[Na+]. The van der Waals surface area contributed by atoms with Crippen LogP contribution >= 0.6 is 11.8 Å². The molecule has 0 aliphatic carbocycles. The van der Waals surface area contributed by atoms with Crippen molar-refractivity contribution in [2.24, 2.45) is 10.4 Å². The minimum Gasteiger partial charge on any atom is -0.861 e. The molecule has 0 aromatic heterocycles. The zero-order chi connectivity index (χ0) is 12.2. The maximum absolute atomic E-state index is 11.7. The molecule has 1 unspecified atom stereocenters. The van der Waals surface area contributed by atoms with Gasteiger partial charge in [0, 0.05) is 11.5 Å². The zero-order valence-electron chi connectivity index (χ0n) is 9.99. The number of aliphatic imine (C=N–C) groups is 1. The topological polar surface area (TPSA) is 81.6 Å². The Morgan fingerprint density at radius 1 is 1.59 bits per heavy atom. The molecule has 7 heteroatoms. The number of rotatable bonds is 5. The molecule has 0 aromatic rings. The average molecular weight is 264 g/mol. The van der Waals surface area contributed by atoms with Gasteiger partial charge in [-0.3, -0.25) is 10.1 Å². The van der Waals surface area contributed by atoms with E-state index in [-0.39, 0.29) is 29.6 Å². The van der Waals surface area contributed by atoms with Gasteiger partial charge in [-0.25, -0.2) is 9.79 Å². The van der Waals surface area contributed by atoms with Crippen LogP contribution in [0.3, 0.4) is 0 Å². The fourth-order valence-corrected chi connectivity index (χ4v) is 2.49. The number of nitrogens with one attached hydrogen (secondary N) is 1. The molecule has 1 heterocycles. The van der Waals surface area contributed by atoms with Crippen molar-refractivity contribution in [2.45, 2.75) is 13.3 Å². The summed E-state index contributed by atoms with van der Waals surface area (Å²) in [6.07, 6.45) is 2.03. The molecule has 0 aromatic carbocycles. The summed E-state index contributed by atoms with van der Waals surface area (Å²) in [5, 5.41) is 13.7. The van der Waals surface area contributed by atoms with Crippen LogP contribution in [0.25, 0.3) is 0 Å². The number of hydrogen-bond acceptors (Lipinski definition) is 4. The summed E-state index contributed by atoms with van der Waals surface area (Å²) < 4.78 is 0. The van der Waals surface area contributed by atoms with E-state index in [9.17, 15) is 14.7 Å². The standard InChI is InChI=1S/C10H14N2O3S.Na/c1-3-5-16-6-10(4-2)7(13)11-9(15)12-8(10)14;/h3H,1,4-6H2,2H3,(H2,11,12,13,14,15);/q;+1/p-1. The van der Waals surface area contributed by atoms with Crippen LogP contribution in [0.15, 0.2) is 17.6 Å². The van der Waals surface area contributed by atoms with Crippen molar-refractivity contribution >= 4 is 29.6 Å². The van der Waals surface area contributed by atoms with E-state index in [1.807, 2.05) is 0 Å². The summed E-state index contributed by atoms with van der Waals surface area (Å²) in [6.45, 7) is 5.29. The molecule has 1 rings (SSSR count). The monoisotopic (exact) mass is 264 g/mol. The van der Waals surface area contributed by atoms with Gasteiger partial charge in [0.2, 0.25) is 5.91 Å². The van der Waals surface area contributed by atoms with E-state index in [2.05, 4.69) is 16.9 Å². The van der Waals surface area contributed by atoms with E-state index < -0.39 is 23.3 Å². The summed E-state index contributed by atoms with van der Waals surface area (Å²) >= 11 is 1.42. The Hall–Kier alpha value is -0.300. The van der Waals surface area contributed by atoms with Gasteiger partial charge in [-0.1, -0.05) is 13.0 Å². The molecule has 88 valence electrons. The maximum Gasteiger partial charge on any atom is 1.00 e. The summed E-state index contributed by atoms with van der Waals surface area (Å²) in [7, 11) is 0. The molecular weight excluding hydrogens is 251 g/mol. The van der Waals surface area contributed by atoms with Crippen molar-refractivity contribution < 1.29 is 44.3 Å². The molecule has 0 radical (unpaired) electrons. The van der Waals surface area contributed by atoms with Crippen molar-refractivity contribution in [3.63, 3.8) is 0 Å². The van der Waals surface area contributed by atoms with Gasteiger partial charge in [0.15, 0.2) is 0 Å². The van der Waals surface area contributed by atoms with Crippen LogP contribution in [0.5, 0.6) is 0 Å². The molecule has 1 aliphatic heterocycles.